The molecule has 3 aromatic rings. The summed E-state index contributed by atoms with van der Waals surface area (Å²) in [7, 11) is 0. The van der Waals surface area contributed by atoms with E-state index >= 15 is 0 Å². The third-order valence-corrected chi connectivity index (χ3v) is 6.32. The summed E-state index contributed by atoms with van der Waals surface area (Å²) in [6.45, 7) is 6.73. The number of carbonyl (C=O) groups excluding carboxylic acids is 2. The second-order valence-electron chi connectivity index (χ2n) is 8.76. The van der Waals surface area contributed by atoms with Crippen LogP contribution in [0.2, 0.25) is 0 Å². The molecule has 0 radical (unpaired) electrons. The third kappa shape index (κ3) is 6.02. The van der Waals surface area contributed by atoms with Gasteiger partial charge in [0.05, 0.1) is 11.7 Å². The van der Waals surface area contributed by atoms with Crippen molar-refractivity contribution in [2.75, 3.05) is 42.9 Å². The molecule has 2 amide bonds. The first-order chi connectivity index (χ1) is 16.9. The van der Waals surface area contributed by atoms with Gasteiger partial charge in [0.25, 0.3) is 0 Å². The largest absolute Gasteiger partial charge is 0.367 e. The molecule has 0 saturated carbocycles. The highest BCUT2D eigenvalue weighted by atomic mass is 19.1. The zero-order valence-corrected chi connectivity index (χ0v) is 20.0. The van der Waals surface area contributed by atoms with Crippen molar-refractivity contribution < 1.29 is 14.0 Å². The number of nitrogens with one attached hydrogen (secondary N) is 2. The van der Waals surface area contributed by atoms with E-state index in [4.69, 9.17) is 0 Å². The number of pyridine rings is 1. The number of halogens is 1. The van der Waals surface area contributed by atoms with Gasteiger partial charge in [-0.1, -0.05) is 30.3 Å². The molecule has 1 atom stereocenters. The van der Waals surface area contributed by atoms with Crippen molar-refractivity contribution in [2.45, 2.75) is 19.9 Å². The first kappa shape index (κ1) is 24.3. The monoisotopic (exact) mass is 475 g/mol. The van der Waals surface area contributed by atoms with Gasteiger partial charge in [0.1, 0.15) is 5.82 Å². The molecule has 1 fully saturated rings. The minimum Gasteiger partial charge on any atom is -0.367 e. The van der Waals surface area contributed by atoms with E-state index in [1.807, 2.05) is 55.1 Å². The number of nitrogens with zero attached hydrogens (tertiary/aromatic N) is 3. The lowest BCUT2D eigenvalue weighted by Gasteiger charge is -2.40. The van der Waals surface area contributed by atoms with Crippen molar-refractivity contribution in [3.05, 3.63) is 89.5 Å². The molecule has 1 aromatic heterocycles. The van der Waals surface area contributed by atoms with Gasteiger partial charge in [-0.25, -0.2) is 4.39 Å². The van der Waals surface area contributed by atoms with E-state index in [0.717, 1.165) is 16.7 Å². The highest BCUT2D eigenvalue weighted by Crippen LogP contribution is 2.25. The topological polar surface area (TPSA) is 77.6 Å². The molecule has 35 heavy (non-hydrogen) atoms. The Kier molecular flexibility index (Phi) is 7.72. The summed E-state index contributed by atoms with van der Waals surface area (Å²) >= 11 is 0. The standard InChI is InChI=1S/C27H30FN5O2/c1-19-9-10-20(2)23(16-19)31-27(35)26(34)30-18-25(21-6-5-11-29-17-21)33-14-12-32(13-15-33)24-8-4-3-7-22(24)28/h3-11,16-17,25H,12-15,18H2,1-2H3,(H,30,34)(H,31,35)/t25-/m0/s1. The second kappa shape index (κ2) is 11.1. The Morgan fingerprint density at radius 1 is 1.00 bits per heavy atom. The molecular formula is C27H30FN5O2. The van der Waals surface area contributed by atoms with Gasteiger partial charge in [-0.3, -0.25) is 19.5 Å². The number of amides is 2. The minimum absolute atomic E-state index is 0.163. The Hall–Kier alpha value is -3.78. The fourth-order valence-electron chi connectivity index (χ4n) is 4.33. The molecule has 0 bridgehead atoms. The van der Waals surface area contributed by atoms with Crippen molar-refractivity contribution in [2.24, 2.45) is 0 Å². The van der Waals surface area contributed by atoms with Crippen LogP contribution < -0.4 is 15.5 Å². The van der Waals surface area contributed by atoms with E-state index < -0.39 is 11.8 Å². The molecule has 1 saturated heterocycles. The predicted octanol–water partition coefficient (Wildman–Crippen LogP) is 3.46. The number of hydrogen-bond acceptors (Lipinski definition) is 5. The first-order valence-corrected chi connectivity index (χ1v) is 11.7. The van der Waals surface area contributed by atoms with Crippen LogP contribution in [0, 0.1) is 19.7 Å². The van der Waals surface area contributed by atoms with Gasteiger partial charge >= 0.3 is 11.8 Å². The van der Waals surface area contributed by atoms with E-state index in [1.165, 1.54) is 6.07 Å². The van der Waals surface area contributed by atoms with E-state index in [2.05, 4.69) is 20.5 Å². The molecule has 2 N–H and O–H groups in total. The minimum atomic E-state index is -0.701. The van der Waals surface area contributed by atoms with Crippen LogP contribution in [0.15, 0.2) is 67.0 Å². The zero-order valence-electron chi connectivity index (χ0n) is 20.0. The molecule has 1 aliphatic rings. The van der Waals surface area contributed by atoms with E-state index in [-0.39, 0.29) is 18.4 Å². The fraction of sp³-hybridized carbons (Fsp3) is 0.296. The number of aryl methyl sites for hydroxylation is 2. The quantitative estimate of drug-likeness (QED) is 0.534. The normalized spacial score (nSPS) is 14.9. The smallest absolute Gasteiger partial charge is 0.313 e. The molecule has 4 rings (SSSR count). The van der Waals surface area contributed by atoms with Crippen molar-refractivity contribution in [3.63, 3.8) is 0 Å². The Morgan fingerprint density at radius 3 is 2.49 bits per heavy atom. The highest BCUT2D eigenvalue weighted by Gasteiger charge is 2.27. The van der Waals surface area contributed by atoms with Crippen molar-refractivity contribution >= 4 is 23.2 Å². The Labute approximate surface area is 205 Å². The van der Waals surface area contributed by atoms with Crippen LogP contribution in [0.25, 0.3) is 0 Å². The molecule has 0 unspecified atom stereocenters. The van der Waals surface area contributed by atoms with Gasteiger partial charge in [0, 0.05) is 50.8 Å². The van der Waals surface area contributed by atoms with Crippen LogP contribution >= 0.6 is 0 Å². The molecule has 8 heteroatoms. The molecule has 182 valence electrons. The lowest BCUT2D eigenvalue weighted by molar-refractivity contribution is -0.136. The predicted molar refractivity (Wildman–Crippen MR) is 135 cm³/mol. The van der Waals surface area contributed by atoms with Crippen LogP contribution in [0.4, 0.5) is 15.8 Å². The number of aromatic nitrogens is 1. The number of rotatable bonds is 6. The van der Waals surface area contributed by atoms with Crippen LogP contribution in [0.1, 0.15) is 22.7 Å². The number of hydrogen-bond donors (Lipinski definition) is 2. The fourth-order valence-corrected chi connectivity index (χ4v) is 4.33. The molecule has 2 heterocycles. The number of benzene rings is 2. The van der Waals surface area contributed by atoms with Gasteiger partial charge in [0.2, 0.25) is 0 Å². The lowest BCUT2D eigenvalue weighted by atomic mass is 10.1. The van der Waals surface area contributed by atoms with Crippen molar-refractivity contribution in [3.8, 4) is 0 Å². The summed E-state index contributed by atoms with van der Waals surface area (Å²) < 4.78 is 14.2. The average molecular weight is 476 g/mol. The highest BCUT2D eigenvalue weighted by molar-refractivity contribution is 6.39. The Morgan fingerprint density at radius 2 is 1.77 bits per heavy atom. The average Bonchev–Trinajstić information content (AvgIpc) is 2.87. The Balaban J connectivity index is 1.40. The maximum absolute atomic E-state index is 14.2. The number of para-hydroxylation sites is 1. The summed E-state index contributed by atoms with van der Waals surface area (Å²) in [6.07, 6.45) is 3.48. The van der Waals surface area contributed by atoms with Gasteiger partial charge in [-0.05, 0) is 54.8 Å². The third-order valence-electron chi connectivity index (χ3n) is 6.32. The molecular weight excluding hydrogens is 445 g/mol. The van der Waals surface area contributed by atoms with Crippen LogP contribution in [-0.2, 0) is 9.59 Å². The number of piperazine rings is 1. The van der Waals surface area contributed by atoms with Crippen molar-refractivity contribution in [1.82, 2.24) is 15.2 Å². The molecule has 1 aliphatic heterocycles. The zero-order chi connectivity index (χ0) is 24.8. The molecule has 2 aromatic carbocycles. The SMILES string of the molecule is Cc1ccc(C)c(NC(=O)C(=O)NC[C@@H](c2cccnc2)N2CCN(c3ccccc3F)CC2)c1. The lowest BCUT2D eigenvalue weighted by Crippen LogP contribution is -2.50. The Bertz CT molecular complexity index is 1180. The van der Waals surface area contributed by atoms with Gasteiger partial charge in [-0.15, -0.1) is 0 Å². The summed E-state index contributed by atoms with van der Waals surface area (Å²) in [6, 6.07) is 16.1. The summed E-state index contributed by atoms with van der Waals surface area (Å²) in [5.41, 5.74) is 4.05. The van der Waals surface area contributed by atoms with Crippen LogP contribution in [0.3, 0.4) is 0 Å². The summed E-state index contributed by atoms with van der Waals surface area (Å²) in [4.78, 5) is 33.7. The summed E-state index contributed by atoms with van der Waals surface area (Å²) in [5, 5.41) is 5.49. The van der Waals surface area contributed by atoms with E-state index in [1.54, 1.807) is 24.5 Å². The molecule has 7 nitrogen and oxygen atoms in total. The maximum Gasteiger partial charge on any atom is 0.313 e. The van der Waals surface area contributed by atoms with E-state index in [0.29, 0.717) is 37.6 Å². The van der Waals surface area contributed by atoms with Crippen LogP contribution in [-0.4, -0.2) is 54.4 Å². The maximum atomic E-state index is 14.2. The van der Waals surface area contributed by atoms with Gasteiger partial charge < -0.3 is 15.5 Å². The van der Waals surface area contributed by atoms with Gasteiger partial charge in [0.15, 0.2) is 0 Å². The van der Waals surface area contributed by atoms with E-state index in [9.17, 15) is 14.0 Å². The second-order valence-corrected chi connectivity index (χ2v) is 8.76. The number of carbonyl (C=O) groups is 2. The summed E-state index contributed by atoms with van der Waals surface area (Å²) in [5.74, 6) is -1.62. The molecule has 0 spiro atoms. The molecule has 0 aliphatic carbocycles. The van der Waals surface area contributed by atoms with Crippen LogP contribution in [0.5, 0.6) is 0 Å². The first-order valence-electron chi connectivity index (χ1n) is 11.7. The van der Waals surface area contributed by atoms with Gasteiger partial charge in [-0.2, -0.15) is 0 Å². The van der Waals surface area contributed by atoms with Crippen molar-refractivity contribution in [1.29, 1.82) is 0 Å². The number of anilines is 2.